The minimum Gasteiger partial charge on any atom is -0.478 e. The Bertz CT molecular complexity index is 704. The maximum absolute atomic E-state index is 11.2. The van der Waals surface area contributed by atoms with E-state index in [4.69, 9.17) is 14.2 Å². The molecule has 0 amide bonds. The summed E-state index contributed by atoms with van der Waals surface area (Å²) < 4.78 is 18.8. The van der Waals surface area contributed by atoms with Gasteiger partial charge in [0.25, 0.3) is 0 Å². The predicted molar refractivity (Wildman–Crippen MR) is 105 cm³/mol. The summed E-state index contributed by atoms with van der Waals surface area (Å²) >= 11 is 0. The molecule has 0 spiro atoms. The van der Waals surface area contributed by atoms with Crippen molar-refractivity contribution in [3.8, 4) is 0 Å². The minimum absolute atomic E-state index is 0.193. The summed E-state index contributed by atoms with van der Waals surface area (Å²) in [6.07, 6.45) is 4.49. The van der Waals surface area contributed by atoms with Crippen LogP contribution in [0.25, 0.3) is 0 Å². The van der Waals surface area contributed by atoms with Gasteiger partial charge in [0.1, 0.15) is 0 Å². The van der Waals surface area contributed by atoms with Gasteiger partial charge >= 0.3 is 5.97 Å². The Morgan fingerprint density at radius 1 is 1.11 bits per heavy atom. The molecule has 2 unspecified atom stereocenters. The molecule has 2 heterocycles. The zero-order valence-electron chi connectivity index (χ0n) is 17.0. The van der Waals surface area contributed by atoms with E-state index in [0.29, 0.717) is 30.3 Å². The molecule has 3 fully saturated rings. The second kappa shape index (κ2) is 8.13. The van der Waals surface area contributed by atoms with Gasteiger partial charge in [0, 0.05) is 11.8 Å². The number of ether oxygens (including phenoxy) is 3. The lowest BCUT2D eigenvalue weighted by Crippen LogP contribution is -2.53. The Balaban J connectivity index is 1.49. The molecule has 8 atom stereocenters. The number of benzene rings is 1. The Hall–Kier alpha value is -1.43. The third kappa shape index (κ3) is 3.85. The van der Waals surface area contributed by atoms with Crippen LogP contribution in [-0.2, 0) is 20.8 Å². The predicted octanol–water partition coefficient (Wildman–Crippen LogP) is 4.70. The molecule has 28 heavy (non-hydrogen) atoms. The summed E-state index contributed by atoms with van der Waals surface area (Å²) in [7, 11) is 0. The van der Waals surface area contributed by atoms with Crippen molar-refractivity contribution in [3.05, 3.63) is 35.4 Å². The lowest BCUT2D eigenvalue weighted by Gasteiger charge is -2.51. The average molecular weight is 389 g/mol. The van der Waals surface area contributed by atoms with Gasteiger partial charge < -0.3 is 19.3 Å². The van der Waals surface area contributed by atoms with Gasteiger partial charge in [-0.1, -0.05) is 32.4 Å². The number of rotatable bonds is 4. The first-order valence-electron chi connectivity index (χ1n) is 10.7. The van der Waals surface area contributed by atoms with Crippen molar-refractivity contribution in [1.29, 1.82) is 0 Å². The molecule has 1 aliphatic carbocycles. The molecule has 1 aromatic carbocycles. The Morgan fingerprint density at radius 2 is 1.89 bits per heavy atom. The number of hydrogen-bond donors (Lipinski definition) is 1. The monoisotopic (exact) mass is 388 g/mol. The van der Waals surface area contributed by atoms with Gasteiger partial charge in [-0.3, -0.25) is 0 Å². The zero-order chi connectivity index (χ0) is 19.8. The number of carbonyl (C=O) groups is 1. The first-order chi connectivity index (χ1) is 13.4. The normalized spacial score (nSPS) is 40.4. The van der Waals surface area contributed by atoms with E-state index in [2.05, 4.69) is 20.8 Å². The van der Waals surface area contributed by atoms with Gasteiger partial charge in [0.05, 0.1) is 18.3 Å². The molecule has 1 N–H and O–H groups in total. The number of aromatic carboxylic acids is 1. The molecule has 2 aliphatic heterocycles. The SMILES string of the molecule is CC1CC[C@@H]2C3[C@@H](O1)O[C@@H](OCc1cccc(C(=O)O)c1)[C@H](C)[C@@H]3CC[C@H]2C. The van der Waals surface area contributed by atoms with Crippen molar-refractivity contribution >= 4 is 5.97 Å². The smallest absolute Gasteiger partial charge is 0.335 e. The molecular formula is C23H32O5. The molecular weight excluding hydrogens is 356 g/mol. The highest BCUT2D eigenvalue weighted by molar-refractivity contribution is 5.87. The van der Waals surface area contributed by atoms with Crippen LogP contribution in [-0.4, -0.2) is 29.8 Å². The van der Waals surface area contributed by atoms with E-state index < -0.39 is 5.97 Å². The molecule has 4 rings (SSSR count). The average Bonchev–Trinajstić information content (AvgIpc) is 2.84. The van der Waals surface area contributed by atoms with Crippen LogP contribution in [0.2, 0.25) is 0 Å². The Kier molecular flexibility index (Phi) is 5.77. The van der Waals surface area contributed by atoms with Crippen LogP contribution in [0.4, 0.5) is 0 Å². The summed E-state index contributed by atoms with van der Waals surface area (Å²) in [5.41, 5.74) is 1.13. The van der Waals surface area contributed by atoms with Crippen LogP contribution in [0.3, 0.4) is 0 Å². The first kappa shape index (κ1) is 19.9. The van der Waals surface area contributed by atoms with Crippen LogP contribution in [0.5, 0.6) is 0 Å². The molecule has 3 aliphatic rings. The van der Waals surface area contributed by atoms with Crippen molar-refractivity contribution in [2.45, 2.75) is 71.7 Å². The molecule has 5 nitrogen and oxygen atoms in total. The van der Waals surface area contributed by atoms with Crippen molar-refractivity contribution in [3.63, 3.8) is 0 Å². The van der Waals surface area contributed by atoms with Crippen molar-refractivity contribution in [2.75, 3.05) is 0 Å². The zero-order valence-corrected chi connectivity index (χ0v) is 17.0. The Labute approximate surface area is 167 Å². The maximum atomic E-state index is 11.2. The highest BCUT2D eigenvalue weighted by Crippen LogP contribution is 2.52. The lowest BCUT2D eigenvalue weighted by molar-refractivity contribution is -0.336. The van der Waals surface area contributed by atoms with Crippen LogP contribution < -0.4 is 0 Å². The van der Waals surface area contributed by atoms with Gasteiger partial charge in [-0.2, -0.15) is 0 Å². The summed E-state index contributed by atoms with van der Waals surface area (Å²) in [5.74, 6) is 1.79. The molecule has 2 saturated heterocycles. The fraction of sp³-hybridized carbons (Fsp3) is 0.696. The lowest BCUT2D eigenvalue weighted by atomic mass is 9.61. The summed E-state index contributed by atoms with van der Waals surface area (Å²) in [6.45, 7) is 7.11. The van der Waals surface area contributed by atoms with Crippen LogP contribution in [0, 0.1) is 29.6 Å². The highest BCUT2D eigenvalue weighted by atomic mass is 16.8. The largest absolute Gasteiger partial charge is 0.478 e. The van der Waals surface area contributed by atoms with Gasteiger partial charge in [0.2, 0.25) is 0 Å². The van der Waals surface area contributed by atoms with Gasteiger partial charge in [-0.05, 0) is 61.6 Å². The van der Waals surface area contributed by atoms with E-state index in [0.717, 1.165) is 17.9 Å². The summed E-state index contributed by atoms with van der Waals surface area (Å²) in [5, 5.41) is 9.19. The third-order valence-electron chi connectivity index (χ3n) is 7.22. The van der Waals surface area contributed by atoms with E-state index in [1.807, 2.05) is 6.07 Å². The molecule has 5 heteroatoms. The second-order valence-electron chi connectivity index (χ2n) is 9.03. The fourth-order valence-corrected chi connectivity index (χ4v) is 5.61. The first-order valence-corrected chi connectivity index (χ1v) is 10.7. The van der Waals surface area contributed by atoms with E-state index in [9.17, 15) is 9.90 Å². The molecule has 0 aromatic heterocycles. The minimum atomic E-state index is -0.921. The molecule has 0 bridgehead atoms. The standard InChI is InChI=1S/C23H32O5/c1-13-7-9-19-15(3)22(26-12-16-5-4-6-17(11-16)21(24)25)28-23-20(19)18(13)10-8-14(2)27-23/h4-6,11,13-15,18-20,22-23H,7-10,12H2,1-3H3,(H,24,25)/t13-,14?,15-,18+,19+,20?,22-,23+/m1/s1. The van der Waals surface area contributed by atoms with Crippen LogP contribution in [0.15, 0.2) is 24.3 Å². The van der Waals surface area contributed by atoms with E-state index >= 15 is 0 Å². The number of carboxylic acids is 1. The molecule has 0 radical (unpaired) electrons. The highest BCUT2D eigenvalue weighted by Gasteiger charge is 2.52. The third-order valence-corrected chi connectivity index (χ3v) is 7.22. The maximum Gasteiger partial charge on any atom is 0.335 e. The van der Waals surface area contributed by atoms with Crippen molar-refractivity contribution < 1.29 is 24.1 Å². The van der Waals surface area contributed by atoms with E-state index in [-0.39, 0.29) is 24.2 Å². The van der Waals surface area contributed by atoms with E-state index in [1.54, 1.807) is 18.2 Å². The van der Waals surface area contributed by atoms with Crippen LogP contribution >= 0.6 is 0 Å². The van der Waals surface area contributed by atoms with Gasteiger partial charge in [-0.25, -0.2) is 4.79 Å². The molecule has 1 saturated carbocycles. The van der Waals surface area contributed by atoms with Gasteiger partial charge in [0.15, 0.2) is 12.6 Å². The molecule has 1 aromatic rings. The molecule has 154 valence electrons. The fourth-order valence-electron chi connectivity index (χ4n) is 5.61. The number of hydrogen-bond acceptors (Lipinski definition) is 4. The second-order valence-corrected chi connectivity index (χ2v) is 9.03. The quantitative estimate of drug-likeness (QED) is 0.810. The number of carboxylic acid groups (broad SMARTS) is 1. The summed E-state index contributed by atoms with van der Waals surface area (Å²) in [4.78, 5) is 11.2. The van der Waals surface area contributed by atoms with Gasteiger partial charge in [-0.15, -0.1) is 0 Å². The van der Waals surface area contributed by atoms with Crippen LogP contribution in [0.1, 0.15) is 62.4 Å². The Morgan fingerprint density at radius 3 is 2.68 bits per heavy atom. The summed E-state index contributed by atoms with van der Waals surface area (Å²) in [6, 6.07) is 6.92. The van der Waals surface area contributed by atoms with E-state index in [1.165, 1.54) is 19.3 Å². The van der Waals surface area contributed by atoms with Crippen molar-refractivity contribution in [1.82, 2.24) is 0 Å². The van der Waals surface area contributed by atoms with Crippen molar-refractivity contribution in [2.24, 2.45) is 29.6 Å². The topological polar surface area (TPSA) is 65.0 Å².